The van der Waals surface area contributed by atoms with Gasteiger partial charge in [-0.3, -0.25) is 4.79 Å². The highest BCUT2D eigenvalue weighted by atomic mass is 16.5. The molecule has 3 fully saturated rings. The van der Waals surface area contributed by atoms with Crippen LogP contribution in [-0.2, 0) is 9.59 Å². The Morgan fingerprint density at radius 1 is 0.889 bits per heavy atom. The Kier molecular flexibility index (Phi) is 8.06. The van der Waals surface area contributed by atoms with Crippen molar-refractivity contribution in [2.75, 3.05) is 27.9 Å². The van der Waals surface area contributed by atoms with E-state index in [1.165, 1.54) is 6.42 Å². The lowest BCUT2D eigenvalue weighted by molar-refractivity contribution is -0.176. The molecular weight excluding hydrogens is 458 g/mol. The molecule has 2 saturated carbocycles. The summed E-state index contributed by atoms with van der Waals surface area (Å²) < 4.78 is 16.8. The first kappa shape index (κ1) is 26.6. The maximum atomic E-state index is 14.7. The third-order valence-electron chi connectivity index (χ3n) is 9.39. The van der Waals surface area contributed by atoms with Gasteiger partial charge in [0, 0.05) is 12.0 Å². The zero-order valence-electron chi connectivity index (χ0n) is 22.4. The van der Waals surface area contributed by atoms with Crippen LogP contribution in [0.3, 0.4) is 0 Å². The van der Waals surface area contributed by atoms with Crippen LogP contribution >= 0.6 is 0 Å². The number of hydrogen-bond acceptors (Lipinski definition) is 5. The van der Waals surface area contributed by atoms with Crippen molar-refractivity contribution in [3.8, 4) is 17.2 Å². The number of carbonyl (C=O) groups excluding carboxylic acids is 1. The molecule has 2 atom stereocenters. The number of methoxy groups -OCH3 is 3. The number of hydrogen-bond donors (Lipinski definition) is 1. The number of rotatable bonds is 8. The van der Waals surface area contributed by atoms with Gasteiger partial charge in [0.05, 0.1) is 27.2 Å². The maximum Gasteiger partial charge on any atom is 0.330 e. The predicted octanol–water partition coefficient (Wildman–Crippen LogP) is 5.79. The molecule has 200 valence electrons. The Balaban J connectivity index is 1.84. The van der Waals surface area contributed by atoms with E-state index < -0.39 is 22.8 Å². The zero-order valence-corrected chi connectivity index (χ0v) is 22.4. The van der Waals surface area contributed by atoms with Crippen LogP contribution in [0.1, 0.15) is 95.5 Å². The molecule has 2 aliphatic carbocycles. The molecule has 0 bridgehead atoms. The number of aliphatic carboxylic acids is 1. The van der Waals surface area contributed by atoms with Crippen LogP contribution in [0.15, 0.2) is 12.1 Å². The van der Waals surface area contributed by atoms with Crippen LogP contribution in [0.4, 0.5) is 0 Å². The number of carbonyl (C=O) groups is 2. The van der Waals surface area contributed by atoms with E-state index in [0.717, 1.165) is 69.8 Å². The summed E-state index contributed by atoms with van der Waals surface area (Å²) in [5.41, 5.74) is -0.754. The molecule has 0 spiro atoms. The van der Waals surface area contributed by atoms with Crippen molar-refractivity contribution in [3.05, 3.63) is 17.7 Å². The van der Waals surface area contributed by atoms with E-state index in [9.17, 15) is 14.7 Å². The van der Waals surface area contributed by atoms with Crippen molar-refractivity contribution in [2.24, 2.45) is 11.3 Å². The first-order chi connectivity index (χ1) is 17.3. The van der Waals surface area contributed by atoms with E-state index in [2.05, 4.69) is 6.92 Å². The number of nitrogens with zero attached hydrogens (tertiary/aromatic N) is 1. The first-order valence-corrected chi connectivity index (χ1v) is 13.7. The van der Waals surface area contributed by atoms with Gasteiger partial charge in [-0.15, -0.1) is 0 Å². The SMILES string of the molecule is COc1cc(C(C(=O)N2CCCCC2(C(=O)O)C2(C)CCCC2)C2CCCCC2)cc(OC)c1OC. The van der Waals surface area contributed by atoms with Gasteiger partial charge >= 0.3 is 5.97 Å². The monoisotopic (exact) mass is 501 g/mol. The Hall–Kier alpha value is -2.44. The minimum atomic E-state index is -1.16. The molecule has 36 heavy (non-hydrogen) atoms. The number of benzene rings is 1. The normalized spacial score (nSPS) is 25.3. The fraction of sp³-hybridized carbons (Fsp3) is 0.724. The predicted molar refractivity (Wildman–Crippen MR) is 138 cm³/mol. The number of amides is 1. The molecule has 1 amide bonds. The van der Waals surface area contributed by atoms with Crippen LogP contribution in [-0.4, -0.2) is 55.3 Å². The average molecular weight is 502 g/mol. The van der Waals surface area contributed by atoms with Gasteiger partial charge in [-0.2, -0.15) is 0 Å². The van der Waals surface area contributed by atoms with Gasteiger partial charge in [-0.1, -0.05) is 39.0 Å². The molecule has 1 aromatic rings. The van der Waals surface area contributed by atoms with Crippen LogP contribution in [0, 0.1) is 11.3 Å². The molecule has 7 nitrogen and oxygen atoms in total. The molecule has 2 unspecified atom stereocenters. The summed E-state index contributed by atoms with van der Waals surface area (Å²) >= 11 is 0. The van der Waals surface area contributed by atoms with Crippen LogP contribution in [0.25, 0.3) is 0 Å². The standard InChI is InChI=1S/C29H43NO6/c1-28(14-8-9-15-28)29(27(32)33)16-10-11-17-30(29)26(31)24(20-12-6-5-7-13-20)21-18-22(34-2)25(36-4)23(19-21)35-3/h18-20,24H,5-17H2,1-4H3,(H,32,33). The largest absolute Gasteiger partial charge is 0.493 e. The highest BCUT2D eigenvalue weighted by molar-refractivity contribution is 5.92. The number of piperidine rings is 1. The lowest BCUT2D eigenvalue weighted by atomic mass is 9.63. The van der Waals surface area contributed by atoms with E-state index in [1.54, 1.807) is 26.2 Å². The van der Waals surface area contributed by atoms with Crippen LogP contribution in [0.5, 0.6) is 17.2 Å². The molecule has 1 aliphatic heterocycles. The fourth-order valence-corrected chi connectivity index (χ4v) is 7.48. The lowest BCUT2D eigenvalue weighted by Gasteiger charge is -2.54. The number of carboxylic acid groups (broad SMARTS) is 1. The fourth-order valence-electron chi connectivity index (χ4n) is 7.48. The van der Waals surface area contributed by atoms with E-state index in [0.29, 0.717) is 30.2 Å². The molecule has 3 aliphatic rings. The number of ether oxygens (including phenoxy) is 3. The molecule has 1 saturated heterocycles. The van der Waals surface area contributed by atoms with Gasteiger partial charge in [0.1, 0.15) is 5.54 Å². The van der Waals surface area contributed by atoms with E-state index in [4.69, 9.17) is 14.2 Å². The number of likely N-dealkylation sites (tertiary alicyclic amines) is 1. The molecule has 4 rings (SSSR count). The van der Waals surface area contributed by atoms with Gasteiger partial charge in [0.2, 0.25) is 11.7 Å². The lowest BCUT2D eigenvalue weighted by Crippen LogP contribution is -2.67. The quantitative estimate of drug-likeness (QED) is 0.485. The average Bonchev–Trinajstić information content (AvgIpc) is 3.36. The van der Waals surface area contributed by atoms with Crippen LogP contribution < -0.4 is 14.2 Å². The summed E-state index contributed by atoms with van der Waals surface area (Å²) in [5.74, 6) is 0.353. The first-order valence-electron chi connectivity index (χ1n) is 13.7. The molecule has 1 heterocycles. The molecule has 7 heteroatoms. The van der Waals surface area contributed by atoms with Gasteiger partial charge in [-0.05, 0) is 68.6 Å². The molecule has 0 aromatic heterocycles. The van der Waals surface area contributed by atoms with E-state index in [-0.39, 0.29) is 11.8 Å². The second-order valence-electron chi connectivity index (χ2n) is 11.2. The van der Waals surface area contributed by atoms with Crippen molar-refractivity contribution in [3.63, 3.8) is 0 Å². The van der Waals surface area contributed by atoms with Gasteiger partial charge in [0.15, 0.2) is 11.5 Å². The molecule has 1 N–H and O–H groups in total. The Morgan fingerprint density at radius 3 is 2.00 bits per heavy atom. The smallest absolute Gasteiger partial charge is 0.330 e. The maximum absolute atomic E-state index is 14.7. The van der Waals surface area contributed by atoms with Crippen molar-refractivity contribution >= 4 is 11.9 Å². The summed E-state index contributed by atoms with van der Waals surface area (Å²) in [5, 5.41) is 10.8. The van der Waals surface area contributed by atoms with Crippen molar-refractivity contribution in [1.82, 2.24) is 4.90 Å². The second kappa shape index (κ2) is 10.9. The Labute approximate surface area is 215 Å². The minimum Gasteiger partial charge on any atom is -0.493 e. The minimum absolute atomic E-state index is 0.0496. The second-order valence-corrected chi connectivity index (χ2v) is 11.2. The van der Waals surface area contributed by atoms with Crippen molar-refractivity contribution in [2.45, 2.75) is 95.4 Å². The Morgan fingerprint density at radius 2 is 1.47 bits per heavy atom. The van der Waals surface area contributed by atoms with Gasteiger partial charge in [0.25, 0.3) is 0 Å². The highest BCUT2D eigenvalue weighted by Gasteiger charge is 2.61. The number of carboxylic acids is 1. The summed E-state index contributed by atoms with van der Waals surface area (Å²) in [7, 11) is 4.74. The third kappa shape index (κ3) is 4.43. The van der Waals surface area contributed by atoms with Gasteiger partial charge in [-0.25, -0.2) is 4.79 Å². The topological polar surface area (TPSA) is 85.3 Å². The van der Waals surface area contributed by atoms with Gasteiger partial charge < -0.3 is 24.2 Å². The third-order valence-corrected chi connectivity index (χ3v) is 9.39. The molecule has 1 aromatic carbocycles. The summed E-state index contributed by atoms with van der Waals surface area (Å²) in [6.07, 6.45) is 11.2. The Bertz CT molecular complexity index is 924. The van der Waals surface area contributed by atoms with E-state index in [1.807, 2.05) is 12.1 Å². The summed E-state index contributed by atoms with van der Waals surface area (Å²) in [6.45, 7) is 2.60. The molecule has 0 radical (unpaired) electrons. The van der Waals surface area contributed by atoms with Crippen LogP contribution in [0.2, 0.25) is 0 Å². The van der Waals surface area contributed by atoms with Crippen molar-refractivity contribution in [1.29, 1.82) is 0 Å². The van der Waals surface area contributed by atoms with E-state index >= 15 is 0 Å². The van der Waals surface area contributed by atoms with Crippen molar-refractivity contribution < 1.29 is 28.9 Å². The molecular formula is C29H43NO6. The zero-order chi connectivity index (χ0) is 25.9. The summed E-state index contributed by atoms with van der Waals surface area (Å²) in [4.78, 5) is 29.7. The highest BCUT2D eigenvalue weighted by Crippen LogP contribution is 2.54. The summed E-state index contributed by atoms with van der Waals surface area (Å²) in [6, 6.07) is 3.78.